The Morgan fingerprint density at radius 3 is 2.91 bits per heavy atom. The number of nitrogens with zero attached hydrogens (tertiary/aromatic N) is 2. The van der Waals surface area contributed by atoms with E-state index in [1.54, 1.807) is 25.1 Å². The molecule has 0 aliphatic carbocycles. The molecule has 0 spiro atoms. The van der Waals surface area contributed by atoms with Crippen LogP contribution in [0.2, 0.25) is 0 Å². The zero-order valence-corrected chi connectivity index (χ0v) is 13.2. The maximum Gasteiger partial charge on any atom is 0.262 e. The minimum absolute atomic E-state index is 0.175. The lowest BCUT2D eigenvalue weighted by Crippen LogP contribution is -2.32. The molecule has 22 heavy (non-hydrogen) atoms. The molecule has 1 aromatic carbocycles. The van der Waals surface area contributed by atoms with Crippen molar-refractivity contribution in [3.63, 3.8) is 0 Å². The van der Waals surface area contributed by atoms with Crippen molar-refractivity contribution >= 4 is 29.0 Å². The molecule has 1 amide bonds. The van der Waals surface area contributed by atoms with Gasteiger partial charge in [-0.15, -0.1) is 0 Å². The minimum Gasteiger partial charge on any atom is -0.349 e. The van der Waals surface area contributed by atoms with Gasteiger partial charge in [-0.3, -0.25) is 14.2 Å². The molecule has 0 saturated carbocycles. The summed E-state index contributed by atoms with van der Waals surface area (Å²) in [6, 6.07) is 6.57. The highest BCUT2D eigenvalue weighted by Gasteiger charge is 2.12. The van der Waals surface area contributed by atoms with Gasteiger partial charge in [0.15, 0.2) is 4.77 Å². The normalized spacial score (nSPS) is 11.9. The zero-order chi connectivity index (χ0) is 16.3. The van der Waals surface area contributed by atoms with Crippen LogP contribution in [0.3, 0.4) is 0 Å². The number of aromatic amines is 1. The second kappa shape index (κ2) is 6.54. The number of amides is 1. The molecule has 114 valence electrons. The van der Waals surface area contributed by atoms with Crippen LogP contribution < -0.4 is 10.9 Å². The van der Waals surface area contributed by atoms with Crippen molar-refractivity contribution in [2.24, 2.45) is 0 Å². The van der Waals surface area contributed by atoms with E-state index in [1.165, 1.54) is 4.57 Å². The van der Waals surface area contributed by atoms with E-state index < -0.39 is 0 Å². The van der Waals surface area contributed by atoms with Crippen LogP contribution >= 0.6 is 12.2 Å². The topological polar surface area (TPSA) is 90.7 Å². The molecular weight excluding hydrogens is 300 g/mol. The molecule has 0 aliphatic rings. The van der Waals surface area contributed by atoms with Crippen LogP contribution in [0.1, 0.15) is 30.6 Å². The van der Waals surface area contributed by atoms with Crippen LogP contribution in [0.5, 0.6) is 0 Å². The summed E-state index contributed by atoms with van der Waals surface area (Å²) >= 11 is 5.15. The number of carbonyl (C=O) groups excluding carboxylic acids is 1. The van der Waals surface area contributed by atoms with E-state index in [-0.39, 0.29) is 23.9 Å². The fraction of sp³-hybridized carbons (Fsp3) is 0.333. The van der Waals surface area contributed by atoms with Crippen molar-refractivity contribution in [2.45, 2.75) is 32.9 Å². The first-order valence-electron chi connectivity index (χ1n) is 6.92. The second-order valence-corrected chi connectivity index (χ2v) is 5.36. The Hall–Kier alpha value is -2.46. The summed E-state index contributed by atoms with van der Waals surface area (Å²) in [5.41, 5.74) is 0.767. The molecule has 0 saturated heterocycles. The minimum atomic E-state index is -0.288. The molecule has 6 nitrogen and oxygen atoms in total. The first-order chi connectivity index (χ1) is 10.5. The first-order valence-corrected chi connectivity index (χ1v) is 7.33. The number of nitriles is 1. The summed E-state index contributed by atoms with van der Waals surface area (Å²) in [6.07, 6.45) is 0.239. The maximum atomic E-state index is 12.3. The van der Waals surface area contributed by atoms with E-state index in [1.807, 2.05) is 13.0 Å². The summed E-state index contributed by atoms with van der Waals surface area (Å²) in [6.45, 7) is 4.09. The van der Waals surface area contributed by atoms with Crippen LogP contribution in [-0.2, 0) is 6.54 Å². The van der Waals surface area contributed by atoms with Gasteiger partial charge in [0.05, 0.1) is 23.4 Å². The Morgan fingerprint density at radius 1 is 1.55 bits per heavy atom. The number of rotatable bonds is 4. The van der Waals surface area contributed by atoms with E-state index in [0.29, 0.717) is 27.8 Å². The van der Waals surface area contributed by atoms with Crippen molar-refractivity contribution in [2.75, 3.05) is 0 Å². The zero-order valence-electron chi connectivity index (χ0n) is 12.3. The third kappa shape index (κ3) is 3.07. The number of aromatic nitrogens is 2. The highest BCUT2D eigenvalue weighted by atomic mass is 32.1. The van der Waals surface area contributed by atoms with Crippen molar-refractivity contribution in [1.82, 2.24) is 14.9 Å². The van der Waals surface area contributed by atoms with Crippen LogP contribution in [0.25, 0.3) is 10.9 Å². The van der Waals surface area contributed by atoms with Crippen molar-refractivity contribution < 1.29 is 4.79 Å². The van der Waals surface area contributed by atoms with Crippen molar-refractivity contribution in [1.29, 1.82) is 5.26 Å². The Bertz CT molecular complexity index is 876. The molecule has 0 radical (unpaired) electrons. The quantitative estimate of drug-likeness (QED) is 0.845. The molecule has 7 heteroatoms. The molecule has 2 N–H and O–H groups in total. The number of H-pyrrole nitrogens is 1. The lowest BCUT2D eigenvalue weighted by Gasteiger charge is -2.11. The number of fused-ring (bicyclic) bond motifs is 1. The smallest absolute Gasteiger partial charge is 0.262 e. The highest BCUT2D eigenvalue weighted by molar-refractivity contribution is 7.71. The molecule has 0 aliphatic heterocycles. The van der Waals surface area contributed by atoms with Gasteiger partial charge in [0, 0.05) is 18.2 Å². The number of hydrogen-bond donors (Lipinski definition) is 2. The number of hydrogen-bond acceptors (Lipinski definition) is 4. The average molecular weight is 316 g/mol. The Morgan fingerprint density at radius 2 is 2.27 bits per heavy atom. The molecule has 1 heterocycles. The van der Waals surface area contributed by atoms with Crippen LogP contribution in [0.15, 0.2) is 23.0 Å². The highest BCUT2D eigenvalue weighted by Crippen LogP contribution is 2.11. The number of nitrogens with one attached hydrogen (secondary N) is 2. The summed E-state index contributed by atoms with van der Waals surface area (Å²) in [7, 11) is 0. The summed E-state index contributed by atoms with van der Waals surface area (Å²) < 4.78 is 1.79. The SMILES string of the molecule is CCn1c(=S)[nH]c2cc(C(=O)N[C@@H](C)CC#N)ccc2c1=O. The van der Waals surface area contributed by atoms with Gasteiger partial charge in [0.25, 0.3) is 11.5 Å². The fourth-order valence-electron chi connectivity index (χ4n) is 2.18. The predicted octanol–water partition coefficient (Wildman–Crippen LogP) is 2.11. The standard InChI is InChI=1S/C15H16N4O2S/c1-3-19-14(21)11-5-4-10(8-12(11)18-15(19)22)13(20)17-9(2)6-7-16/h4-5,8-9H,3,6H2,1-2H3,(H,17,20)(H,18,22)/t9-/m0/s1. The molecule has 0 unspecified atom stereocenters. The van der Waals surface area contributed by atoms with E-state index in [0.717, 1.165) is 0 Å². The van der Waals surface area contributed by atoms with Crippen molar-refractivity contribution in [3.8, 4) is 6.07 Å². The molecule has 2 rings (SSSR count). The van der Waals surface area contributed by atoms with Gasteiger partial charge in [-0.2, -0.15) is 5.26 Å². The van der Waals surface area contributed by atoms with Crippen LogP contribution in [0, 0.1) is 16.1 Å². The molecule has 2 aromatic rings. The molecule has 1 aromatic heterocycles. The van der Waals surface area contributed by atoms with Gasteiger partial charge in [-0.05, 0) is 44.3 Å². The third-order valence-electron chi connectivity index (χ3n) is 3.34. The molecule has 0 bridgehead atoms. The van der Waals surface area contributed by atoms with E-state index in [2.05, 4.69) is 10.3 Å². The Labute approximate surface area is 132 Å². The molecular formula is C15H16N4O2S. The van der Waals surface area contributed by atoms with Crippen LogP contribution in [0.4, 0.5) is 0 Å². The number of carbonyl (C=O) groups is 1. The van der Waals surface area contributed by atoms with Gasteiger partial charge in [-0.1, -0.05) is 0 Å². The third-order valence-corrected chi connectivity index (χ3v) is 3.66. The van der Waals surface area contributed by atoms with E-state index in [9.17, 15) is 9.59 Å². The van der Waals surface area contributed by atoms with Gasteiger partial charge < -0.3 is 10.3 Å². The molecule has 1 atom stereocenters. The average Bonchev–Trinajstić information content (AvgIpc) is 2.47. The molecule has 0 fully saturated rings. The summed E-state index contributed by atoms with van der Waals surface area (Å²) in [4.78, 5) is 27.4. The Balaban J connectivity index is 2.44. The van der Waals surface area contributed by atoms with Gasteiger partial charge in [0.1, 0.15) is 0 Å². The first kappa shape index (κ1) is 15.9. The second-order valence-electron chi connectivity index (χ2n) is 4.98. The van der Waals surface area contributed by atoms with E-state index in [4.69, 9.17) is 17.5 Å². The van der Waals surface area contributed by atoms with E-state index >= 15 is 0 Å². The fourth-order valence-corrected chi connectivity index (χ4v) is 2.50. The maximum absolute atomic E-state index is 12.3. The predicted molar refractivity (Wildman–Crippen MR) is 86.2 cm³/mol. The van der Waals surface area contributed by atoms with Gasteiger partial charge in [-0.25, -0.2) is 0 Å². The van der Waals surface area contributed by atoms with Gasteiger partial charge >= 0.3 is 0 Å². The largest absolute Gasteiger partial charge is 0.349 e. The monoisotopic (exact) mass is 316 g/mol. The lowest BCUT2D eigenvalue weighted by molar-refractivity contribution is 0.0941. The summed E-state index contributed by atoms with van der Waals surface area (Å²) in [5.74, 6) is -0.288. The Kier molecular flexibility index (Phi) is 4.73. The van der Waals surface area contributed by atoms with Crippen molar-refractivity contribution in [3.05, 3.63) is 38.9 Å². The summed E-state index contributed by atoms with van der Waals surface area (Å²) in [5, 5.41) is 11.8. The lowest BCUT2D eigenvalue weighted by atomic mass is 10.1. The van der Waals surface area contributed by atoms with Gasteiger partial charge in [0.2, 0.25) is 0 Å². The number of benzene rings is 1. The van der Waals surface area contributed by atoms with Crippen LogP contribution in [-0.4, -0.2) is 21.5 Å².